The Labute approximate surface area is 132 Å². The molecule has 0 bridgehead atoms. The molecule has 0 radical (unpaired) electrons. The number of benzene rings is 1. The van der Waals surface area contributed by atoms with Gasteiger partial charge in [-0.3, -0.25) is 4.79 Å². The van der Waals surface area contributed by atoms with Crippen molar-refractivity contribution >= 4 is 5.97 Å². The second-order valence-corrected chi connectivity index (χ2v) is 6.66. The number of hydrogen-bond donors (Lipinski definition) is 1. The Hall–Kier alpha value is -1.87. The van der Waals surface area contributed by atoms with Gasteiger partial charge in [0.2, 0.25) is 0 Å². The first-order valence-electron chi connectivity index (χ1n) is 7.78. The van der Waals surface area contributed by atoms with Gasteiger partial charge in [0.05, 0.1) is 6.42 Å². The van der Waals surface area contributed by atoms with E-state index in [1.165, 1.54) is 5.57 Å². The molecule has 118 valence electrons. The lowest BCUT2D eigenvalue weighted by molar-refractivity contribution is -0.145. The highest BCUT2D eigenvalue weighted by Gasteiger charge is 2.18. The van der Waals surface area contributed by atoms with Crippen molar-refractivity contribution in [3.8, 4) is 0 Å². The van der Waals surface area contributed by atoms with Crippen LogP contribution in [-0.2, 0) is 16.1 Å². The second kappa shape index (κ2) is 7.41. The van der Waals surface area contributed by atoms with E-state index >= 15 is 0 Å². The molecule has 0 saturated heterocycles. The standard InChI is InChI=1S/C19H25NO2/c1-19(2,20)13-17-10-6-9-16(11-17)12-18(21)22-14-15-7-4-3-5-8-15/h3-8,10-11,16H,9,12-14,20H2,1-2H3. The molecule has 3 nitrogen and oxygen atoms in total. The number of ether oxygens (including phenoxy) is 1. The predicted octanol–water partition coefficient (Wildman–Crippen LogP) is 3.75. The number of rotatable bonds is 6. The molecule has 2 N–H and O–H groups in total. The van der Waals surface area contributed by atoms with Crippen LogP contribution in [0.1, 0.15) is 38.7 Å². The zero-order valence-corrected chi connectivity index (χ0v) is 13.4. The zero-order valence-electron chi connectivity index (χ0n) is 13.4. The van der Waals surface area contributed by atoms with Crippen molar-refractivity contribution < 1.29 is 9.53 Å². The molecule has 2 rings (SSSR count). The van der Waals surface area contributed by atoms with Crippen LogP contribution in [0.4, 0.5) is 0 Å². The fourth-order valence-corrected chi connectivity index (χ4v) is 2.62. The smallest absolute Gasteiger partial charge is 0.306 e. The van der Waals surface area contributed by atoms with Crippen molar-refractivity contribution in [2.45, 2.75) is 45.3 Å². The summed E-state index contributed by atoms with van der Waals surface area (Å²) in [4.78, 5) is 12.0. The van der Waals surface area contributed by atoms with Gasteiger partial charge in [0.15, 0.2) is 0 Å². The molecule has 0 fully saturated rings. The Bertz CT molecular complexity index is 553. The lowest BCUT2D eigenvalue weighted by atomic mass is 9.87. The number of carbonyl (C=O) groups is 1. The highest BCUT2D eigenvalue weighted by atomic mass is 16.5. The molecule has 0 aromatic heterocycles. The van der Waals surface area contributed by atoms with Crippen LogP contribution in [0.2, 0.25) is 0 Å². The molecule has 1 atom stereocenters. The molecule has 0 heterocycles. The van der Waals surface area contributed by atoms with Crippen LogP contribution in [0, 0.1) is 5.92 Å². The fraction of sp³-hybridized carbons (Fsp3) is 0.421. The summed E-state index contributed by atoms with van der Waals surface area (Å²) in [5, 5.41) is 0. The molecule has 0 saturated carbocycles. The highest BCUT2D eigenvalue weighted by molar-refractivity contribution is 5.70. The van der Waals surface area contributed by atoms with Crippen molar-refractivity contribution in [2.24, 2.45) is 11.7 Å². The molecule has 1 unspecified atom stereocenters. The highest BCUT2D eigenvalue weighted by Crippen LogP contribution is 2.25. The summed E-state index contributed by atoms with van der Waals surface area (Å²) >= 11 is 0. The van der Waals surface area contributed by atoms with Crippen LogP contribution in [0.25, 0.3) is 0 Å². The average molecular weight is 299 g/mol. The number of allylic oxidation sites excluding steroid dienone is 3. The van der Waals surface area contributed by atoms with Crippen molar-refractivity contribution in [1.29, 1.82) is 0 Å². The third-order valence-electron chi connectivity index (χ3n) is 3.55. The van der Waals surface area contributed by atoms with Gasteiger partial charge in [0.1, 0.15) is 6.61 Å². The predicted molar refractivity (Wildman–Crippen MR) is 89.1 cm³/mol. The Kier molecular flexibility index (Phi) is 5.56. The second-order valence-electron chi connectivity index (χ2n) is 6.66. The molecule has 0 amide bonds. The summed E-state index contributed by atoms with van der Waals surface area (Å²) in [6.45, 7) is 4.37. The van der Waals surface area contributed by atoms with Gasteiger partial charge in [-0.1, -0.05) is 54.1 Å². The topological polar surface area (TPSA) is 52.3 Å². The summed E-state index contributed by atoms with van der Waals surface area (Å²) in [7, 11) is 0. The molecule has 1 aromatic carbocycles. The Morgan fingerprint density at radius 1 is 1.32 bits per heavy atom. The normalized spacial score (nSPS) is 18.0. The molecular formula is C19H25NO2. The fourth-order valence-electron chi connectivity index (χ4n) is 2.62. The SMILES string of the molecule is CC(C)(N)CC1=CC(CC(=O)OCc2ccccc2)CC=C1. The quantitative estimate of drug-likeness (QED) is 0.814. The third kappa shape index (κ3) is 5.86. The minimum absolute atomic E-state index is 0.147. The minimum Gasteiger partial charge on any atom is -0.461 e. The molecule has 1 aliphatic rings. The summed E-state index contributed by atoms with van der Waals surface area (Å²) in [5.41, 5.74) is 8.05. The molecular weight excluding hydrogens is 274 g/mol. The lowest BCUT2D eigenvalue weighted by Gasteiger charge is -2.22. The largest absolute Gasteiger partial charge is 0.461 e. The van der Waals surface area contributed by atoms with Crippen molar-refractivity contribution in [3.63, 3.8) is 0 Å². The van der Waals surface area contributed by atoms with E-state index in [0.29, 0.717) is 13.0 Å². The molecule has 3 heteroatoms. The summed E-state index contributed by atoms with van der Waals surface area (Å²) in [6.07, 6.45) is 8.52. The van der Waals surface area contributed by atoms with E-state index in [9.17, 15) is 4.79 Å². The monoisotopic (exact) mass is 299 g/mol. The molecule has 0 spiro atoms. The number of hydrogen-bond acceptors (Lipinski definition) is 3. The van der Waals surface area contributed by atoms with Crippen LogP contribution in [0.3, 0.4) is 0 Å². The Balaban J connectivity index is 1.82. The van der Waals surface area contributed by atoms with E-state index in [-0.39, 0.29) is 17.4 Å². The van der Waals surface area contributed by atoms with E-state index < -0.39 is 0 Å². The summed E-state index contributed by atoms with van der Waals surface area (Å²) < 4.78 is 5.35. The van der Waals surface area contributed by atoms with Crippen LogP contribution in [-0.4, -0.2) is 11.5 Å². The number of esters is 1. The maximum atomic E-state index is 12.0. The van der Waals surface area contributed by atoms with Gasteiger partial charge in [-0.25, -0.2) is 0 Å². The van der Waals surface area contributed by atoms with Gasteiger partial charge < -0.3 is 10.5 Å². The Morgan fingerprint density at radius 2 is 2.05 bits per heavy atom. The van der Waals surface area contributed by atoms with Gasteiger partial charge in [0, 0.05) is 5.54 Å². The average Bonchev–Trinajstić information content (AvgIpc) is 2.45. The van der Waals surface area contributed by atoms with Crippen LogP contribution < -0.4 is 5.73 Å². The molecule has 0 aliphatic heterocycles. The van der Waals surface area contributed by atoms with Crippen LogP contribution in [0.15, 0.2) is 54.1 Å². The van der Waals surface area contributed by atoms with Gasteiger partial charge >= 0.3 is 5.97 Å². The molecule has 22 heavy (non-hydrogen) atoms. The Morgan fingerprint density at radius 3 is 2.73 bits per heavy atom. The van der Waals surface area contributed by atoms with Crippen molar-refractivity contribution in [2.75, 3.05) is 0 Å². The first-order valence-corrected chi connectivity index (χ1v) is 7.78. The number of carbonyl (C=O) groups excluding carboxylic acids is 1. The maximum absolute atomic E-state index is 12.0. The van der Waals surface area contributed by atoms with E-state index in [1.807, 2.05) is 44.2 Å². The van der Waals surface area contributed by atoms with Crippen LogP contribution in [0.5, 0.6) is 0 Å². The van der Waals surface area contributed by atoms with E-state index in [4.69, 9.17) is 10.5 Å². The maximum Gasteiger partial charge on any atom is 0.306 e. The van der Waals surface area contributed by atoms with Gasteiger partial charge in [-0.2, -0.15) is 0 Å². The number of nitrogens with two attached hydrogens (primary N) is 1. The molecule has 1 aromatic rings. The van der Waals surface area contributed by atoms with Gasteiger partial charge in [-0.05, 0) is 38.2 Å². The van der Waals surface area contributed by atoms with Crippen molar-refractivity contribution in [1.82, 2.24) is 0 Å². The van der Waals surface area contributed by atoms with E-state index in [1.54, 1.807) is 0 Å². The summed E-state index contributed by atoms with van der Waals surface area (Å²) in [6, 6.07) is 9.75. The van der Waals surface area contributed by atoms with E-state index in [2.05, 4.69) is 18.2 Å². The molecule has 1 aliphatic carbocycles. The lowest BCUT2D eigenvalue weighted by Crippen LogP contribution is -2.32. The van der Waals surface area contributed by atoms with Crippen molar-refractivity contribution in [3.05, 3.63) is 59.7 Å². The first-order chi connectivity index (χ1) is 10.4. The van der Waals surface area contributed by atoms with Gasteiger partial charge in [0.25, 0.3) is 0 Å². The van der Waals surface area contributed by atoms with E-state index in [0.717, 1.165) is 18.4 Å². The van der Waals surface area contributed by atoms with Gasteiger partial charge in [-0.15, -0.1) is 0 Å². The zero-order chi connectivity index (χ0) is 16.0. The third-order valence-corrected chi connectivity index (χ3v) is 3.55. The minimum atomic E-state index is -0.230. The first kappa shape index (κ1) is 16.5. The summed E-state index contributed by atoms with van der Waals surface area (Å²) in [5.74, 6) is 0.0670. The van der Waals surface area contributed by atoms with Crippen LogP contribution >= 0.6 is 0 Å².